The molecule has 0 heterocycles. The molecule has 1 rings (SSSR count). The molecule has 0 bridgehead atoms. The fraction of sp³-hybridized carbons (Fsp3) is 0.286. The summed E-state index contributed by atoms with van der Waals surface area (Å²) in [7, 11) is 1.29. The smallest absolute Gasteiger partial charge is 0.343 e. The van der Waals surface area contributed by atoms with Crippen molar-refractivity contribution in [2.75, 3.05) is 20.3 Å². The summed E-state index contributed by atoms with van der Waals surface area (Å²) >= 11 is 0. The molecule has 1 aromatic rings. The van der Waals surface area contributed by atoms with E-state index in [4.69, 9.17) is 9.47 Å². The molecule has 5 heteroatoms. The Morgan fingerprint density at radius 2 is 2.00 bits per heavy atom. The van der Waals surface area contributed by atoms with E-state index in [0.717, 1.165) is 0 Å². The van der Waals surface area contributed by atoms with Crippen LogP contribution in [0.15, 0.2) is 30.3 Å². The second-order valence-corrected chi connectivity index (χ2v) is 3.49. The van der Waals surface area contributed by atoms with E-state index < -0.39 is 11.9 Å². The van der Waals surface area contributed by atoms with Crippen LogP contribution in [0.2, 0.25) is 0 Å². The molecule has 0 saturated carbocycles. The van der Waals surface area contributed by atoms with Crippen LogP contribution in [0.5, 0.6) is 5.75 Å². The van der Waals surface area contributed by atoms with Crippen molar-refractivity contribution in [2.45, 2.75) is 6.92 Å². The van der Waals surface area contributed by atoms with Crippen molar-refractivity contribution < 1.29 is 23.8 Å². The largest absolute Gasteiger partial charge is 0.481 e. The van der Waals surface area contributed by atoms with Gasteiger partial charge in [0.05, 0.1) is 13.7 Å². The second kappa shape index (κ2) is 7.92. The number of hydrogen-bond donors (Lipinski definition) is 0. The Morgan fingerprint density at radius 3 is 2.68 bits per heavy atom. The van der Waals surface area contributed by atoms with E-state index in [1.54, 1.807) is 37.3 Å². The van der Waals surface area contributed by atoms with Crippen LogP contribution in [0.3, 0.4) is 0 Å². The van der Waals surface area contributed by atoms with Crippen LogP contribution in [-0.2, 0) is 19.1 Å². The lowest BCUT2D eigenvalue weighted by molar-refractivity contribution is -0.143. The molecule has 0 aliphatic rings. The molecule has 0 aliphatic heterocycles. The molecule has 0 aromatic heterocycles. The molecule has 102 valence electrons. The number of rotatable bonds is 6. The minimum absolute atomic E-state index is 0.180. The Balaban J connectivity index is 2.72. The number of esters is 2. The number of hydrogen-bond acceptors (Lipinski definition) is 5. The molecule has 1 aromatic carbocycles. The normalized spacial score (nSPS) is 10.2. The average Bonchev–Trinajstić information content (AvgIpc) is 2.43. The minimum atomic E-state index is -0.468. The first-order valence-electron chi connectivity index (χ1n) is 5.80. The molecule has 0 fully saturated rings. The number of methoxy groups -OCH3 is 1. The molecule has 0 N–H and O–H groups in total. The van der Waals surface area contributed by atoms with Crippen LogP contribution in [0.1, 0.15) is 12.5 Å². The van der Waals surface area contributed by atoms with Gasteiger partial charge >= 0.3 is 11.9 Å². The lowest BCUT2D eigenvalue weighted by atomic mass is 10.2. The van der Waals surface area contributed by atoms with E-state index in [1.807, 2.05) is 0 Å². The third-order valence-corrected chi connectivity index (χ3v) is 2.18. The van der Waals surface area contributed by atoms with Gasteiger partial charge in [0.2, 0.25) is 0 Å². The second-order valence-electron chi connectivity index (χ2n) is 3.49. The maximum absolute atomic E-state index is 11.2. The summed E-state index contributed by atoms with van der Waals surface area (Å²) in [6, 6.07) is 7.04. The maximum Gasteiger partial charge on any atom is 0.343 e. The Kier molecular flexibility index (Phi) is 6.15. The Hall–Kier alpha value is -2.30. The number of carbonyl (C=O) groups excluding carboxylic acids is 2. The highest BCUT2D eigenvalue weighted by atomic mass is 16.6. The third-order valence-electron chi connectivity index (χ3n) is 2.18. The van der Waals surface area contributed by atoms with Crippen molar-refractivity contribution >= 4 is 18.0 Å². The summed E-state index contributed by atoms with van der Waals surface area (Å²) in [5.74, 6) is -0.400. The Labute approximate surface area is 111 Å². The first-order valence-corrected chi connectivity index (χ1v) is 5.80. The highest BCUT2D eigenvalue weighted by Gasteiger charge is 2.05. The standard InChI is InChI=1S/C14H16O5/c1-3-18-13(15)9-8-11-6-4-5-7-12(11)19-10-14(16)17-2/h4-9H,3,10H2,1-2H3. The zero-order valence-corrected chi connectivity index (χ0v) is 10.9. The zero-order chi connectivity index (χ0) is 14.1. The van der Waals surface area contributed by atoms with Crippen molar-refractivity contribution in [1.29, 1.82) is 0 Å². The van der Waals surface area contributed by atoms with Gasteiger partial charge in [0.1, 0.15) is 5.75 Å². The van der Waals surface area contributed by atoms with E-state index in [-0.39, 0.29) is 6.61 Å². The van der Waals surface area contributed by atoms with E-state index in [2.05, 4.69) is 4.74 Å². The predicted molar refractivity (Wildman–Crippen MR) is 69.6 cm³/mol. The number of benzene rings is 1. The topological polar surface area (TPSA) is 61.8 Å². The maximum atomic E-state index is 11.2. The molecule has 0 atom stereocenters. The lowest BCUT2D eigenvalue weighted by Gasteiger charge is -2.07. The first-order chi connectivity index (χ1) is 9.17. The lowest BCUT2D eigenvalue weighted by Crippen LogP contribution is -2.12. The number of ether oxygens (including phenoxy) is 3. The molecular weight excluding hydrogens is 248 g/mol. The molecule has 0 saturated heterocycles. The quantitative estimate of drug-likeness (QED) is 0.579. The van der Waals surface area contributed by atoms with Gasteiger partial charge in [0.15, 0.2) is 6.61 Å². The van der Waals surface area contributed by atoms with Crippen LogP contribution in [-0.4, -0.2) is 32.3 Å². The molecule has 0 radical (unpaired) electrons. The fourth-order valence-corrected chi connectivity index (χ4v) is 1.29. The SMILES string of the molecule is CCOC(=O)C=Cc1ccccc1OCC(=O)OC. The van der Waals surface area contributed by atoms with Gasteiger partial charge in [-0.1, -0.05) is 18.2 Å². The van der Waals surface area contributed by atoms with E-state index in [1.165, 1.54) is 13.2 Å². The molecule has 0 amide bonds. The zero-order valence-electron chi connectivity index (χ0n) is 10.9. The fourth-order valence-electron chi connectivity index (χ4n) is 1.29. The van der Waals surface area contributed by atoms with E-state index >= 15 is 0 Å². The average molecular weight is 264 g/mol. The van der Waals surface area contributed by atoms with Crippen LogP contribution in [0, 0.1) is 0 Å². The summed E-state index contributed by atoms with van der Waals surface area (Å²) in [5.41, 5.74) is 0.680. The summed E-state index contributed by atoms with van der Waals surface area (Å²) in [6.07, 6.45) is 2.88. The minimum Gasteiger partial charge on any atom is -0.481 e. The monoisotopic (exact) mass is 264 g/mol. The highest BCUT2D eigenvalue weighted by Crippen LogP contribution is 2.19. The van der Waals surface area contributed by atoms with Gasteiger partial charge in [0, 0.05) is 11.6 Å². The van der Waals surface area contributed by atoms with Crippen molar-refractivity contribution in [1.82, 2.24) is 0 Å². The summed E-state index contributed by atoms with van der Waals surface area (Å²) < 4.78 is 14.6. The van der Waals surface area contributed by atoms with Gasteiger partial charge in [-0.3, -0.25) is 0 Å². The first kappa shape index (κ1) is 14.8. The summed E-state index contributed by atoms with van der Waals surface area (Å²) in [4.78, 5) is 22.2. The van der Waals surface area contributed by atoms with E-state index in [9.17, 15) is 9.59 Å². The van der Waals surface area contributed by atoms with Gasteiger partial charge in [0.25, 0.3) is 0 Å². The molecular formula is C14H16O5. The molecule has 5 nitrogen and oxygen atoms in total. The predicted octanol–water partition coefficient (Wildman–Crippen LogP) is 1.81. The van der Waals surface area contributed by atoms with Gasteiger partial charge in [-0.15, -0.1) is 0 Å². The van der Waals surface area contributed by atoms with Crippen LogP contribution in [0.25, 0.3) is 6.08 Å². The van der Waals surface area contributed by atoms with Crippen molar-refractivity contribution in [3.05, 3.63) is 35.9 Å². The van der Waals surface area contributed by atoms with Crippen LogP contribution in [0.4, 0.5) is 0 Å². The van der Waals surface area contributed by atoms with Gasteiger partial charge in [-0.25, -0.2) is 9.59 Å². The molecule has 0 unspecified atom stereocenters. The molecule has 19 heavy (non-hydrogen) atoms. The van der Waals surface area contributed by atoms with Gasteiger partial charge in [-0.2, -0.15) is 0 Å². The Morgan fingerprint density at radius 1 is 1.26 bits per heavy atom. The highest BCUT2D eigenvalue weighted by molar-refractivity contribution is 5.87. The van der Waals surface area contributed by atoms with Gasteiger partial charge in [-0.05, 0) is 19.1 Å². The number of carbonyl (C=O) groups is 2. The van der Waals surface area contributed by atoms with Crippen molar-refractivity contribution in [3.8, 4) is 5.75 Å². The molecule has 0 aliphatic carbocycles. The van der Waals surface area contributed by atoms with Crippen LogP contribution < -0.4 is 4.74 Å². The molecule has 0 spiro atoms. The third kappa shape index (κ3) is 5.25. The van der Waals surface area contributed by atoms with Crippen LogP contribution >= 0.6 is 0 Å². The number of para-hydroxylation sites is 1. The Bertz CT molecular complexity index is 465. The van der Waals surface area contributed by atoms with Gasteiger partial charge < -0.3 is 14.2 Å². The van der Waals surface area contributed by atoms with Crippen molar-refractivity contribution in [2.24, 2.45) is 0 Å². The summed E-state index contributed by atoms with van der Waals surface area (Å²) in [6.45, 7) is 1.88. The van der Waals surface area contributed by atoms with E-state index in [0.29, 0.717) is 17.9 Å². The summed E-state index contributed by atoms with van der Waals surface area (Å²) in [5, 5.41) is 0. The van der Waals surface area contributed by atoms with Crippen molar-refractivity contribution in [3.63, 3.8) is 0 Å².